The van der Waals surface area contributed by atoms with E-state index in [2.05, 4.69) is 0 Å². The van der Waals surface area contributed by atoms with E-state index in [1.807, 2.05) is 12.1 Å². The lowest BCUT2D eigenvalue weighted by Crippen LogP contribution is -2.54. The van der Waals surface area contributed by atoms with Crippen molar-refractivity contribution in [2.45, 2.75) is 44.2 Å². The fraction of sp³-hybridized carbons (Fsp3) is 0.714. The van der Waals surface area contributed by atoms with Gasteiger partial charge < -0.3 is 13.9 Å². The molecule has 112 valence electrons. The molecular weight excluding hydrogens is 260 g/mol. The van der Waals surface area contributed by atoms with Crippen LogP contribution in [0.15, 0.2) is 22.8 Å². The molecule has 2 aliphatic heterocycles. The number of ether oxygens (including phenoxy) is 2. The molecule has 0 bridgehead atoms. The number of rotatable bonds is 6. The van der Waals surface area contributed by atoms with Crippen molar-refractivity contribution in [2.24, 2.45) is 5.73 Å². The molecule has 0 aromatic carbocycles. The first-order chi connectivity index (χ1) is 9.76. The summed E-state index contributed by atoms with van der Waals surface area (Å²) < 4.78 is 16.6. The second kappa shape index (κ2) is 6.24. The quantitative estimate of drug-likeness (QED) is 0.799. The van der Waals surface area contributed by atoms with E-state index in [-0.39, 0.29) is 6.10 Å². The SMILES string of the molecule is NC1(OCc2ccco2)CCCN1OCC1CCCO1. The van der Waals surface area contributed by atoms with Gasteiger partial charge in [-0.25, -0.2) is 0 Å². The van der Waals surface area contributed by atoms with Crippen LogP contribution in [0.25, 0.3) is 0 Å². The predicted molar refractivity (Wildman–Crippen MR) is 71.3 cm³/mol. The van der Waals surface area contributed by atoms with Crippen molar-refractivity contribution in [1.82, 2.24) is 5.06 Å². The summed E-state index contributed by atoms with van der Waals surface area (Å²) in [7, 11) is 0. The van der Waals surface area contributed by atoms with E-state index in [0.717, 1.165) is 44.6 Å². The zero-order valence-electron chi connectivity index (χ0n) is 11.6. The first-order valence-electron chi connectivity index (χ1n) is 7.24. The van der Waals surface area contributed by atoms with E-state index < -0.39 is 5.85 Å². The Bertz CT molecular complexity index is 405. The van der Waals surface area contributed by atoms with Gasteiger partial charge in [-0.05, 0) is 31.4 Å². The first kappa shape index (κ1) is 14.0. The maximum atomic E-state index is 6.30. The lowest BCUT2D eigenvalue weighted by atomic mass is 10.2. The second-order valence-electron chi connectivity index (χ2n) is 5.35. The summed E-state index contributed by atoms with van der Waals surface area (Å²) in [5, 5.41) is 1.75. The molecule has 2 aliphatic rings. The summed E-state index contributed by atoms with van der Waals surface area (Å²) in [6.45, 7) is 2.50. The standard InChI is InChI=1S/C14H22N2O4/c15-14(19-10-12-4-1-8-17-12)6-3-7-16(14)20-11-13-5-2-9-18-13/h1,4,8,13H,2-3,5-7,9-11,15H2. The molecule has 0 aliphatic carbocycles. The van der Waals surface area contributed by atoms with Gasteiger partial charge in [0.15, 0.2) is 5.85 Å². The van der Waals surface area contributed by atoms with Crippen LogP contribution in [-0.4, -0.2) is 36.8 Å². The molecule has 6 nitrogen and oxygen atoms in total. The van der Waals surface area contributed by atoms with Crippen molar-refractivity contribution >= 4 is 0 Å². The van der Waals surface area contributed by atoms with Crippen LogP contribution < -0.4 is 5.73 Å². The molecule has 2 N–H and O–H groups in total. The Hall–Kier alpha value is -0.920. The van der Waals surface area contributed by atoms with E-state index in [0.29, 0.717) is 13.2 Å². The van der Waals surface area contributed by atoms with Crippen LogP contribution in [0.1, 0.15) is 31.4 Å². The molecule has 3 heterocycles. The lowest BCUT2D eigenvalue weighted by Gasteiger charge is -2.33. The Morgan fingerprint density at radius 3 is 3.15 bits per heavy atom. The molecule has 2 saturated heterocycles. The number of hydroxylamine groups is 2. The van der Waals surface area contributed by atoms with E-state index in [1.165, 1.54) is 0 Å². The zero-order valence-corrected chi connectivity index (χ0v) is 11.6. The van der Waals surface area contributed by atoms with E-state index in [1.54, 1.807) is 11.3 Å². The van der Waals surface area contributed by atoms with Gasteiger partial charge in [-0.3, -0.25) is 10.6 Å². The Balaban J connectivity index is 1.50. The molecule has 1 aromatic rings. The van der Waals surface area contributed by atoms with Crippen molar-refractivity contribution in [3.8, 4) is 0 Å². The summed E-state index contributed by atoms with van der Waals surface area (Å²) in [5.74, 6) is -0.105. The number of furan rings is 1. The highest BCUT2D eigenvalue weighted by Crippen LogP contribution is 2.27. The molecule has 2 atom stereocenters. The van der Waals surface area contributed by atoms with Crippen molar-refractivity contribution in [3.05, 3.63) is 24.2 Å². The average Bonchev–Trinajstić information content (AvgIpc) is 3.17. The molecule has 1 aromatic heterocycles. The molecule has 2 fully saturated rings. The van der Waals surface area contributed by atoms with Gasteiger partial charge in [0, 0.05) is 19.6 Å². The van der Waals surface area contributed by atoms with E-state index >= 15 is 0 Å². The van der Waals surface area contributed by atoms with Gasteiger partial charge in [0.2, 0.25) is 0 Å². The number of nitrogens with two attached hydrogens (primary N) is 1. The van der Waals surface area contributed by atoms with Crippen molar-refractivity contribution in [1.29, 1.82) is 0 Å². The van der Waals surface area contributed by atoms with Gasteiger partial charge in [-0.1, -0.05) is 0 Å². The Morgan fingerprint density at radius 2 is 2.40 bits per heavy atom. The van der Waals surface area contributed by atoms with Gasteiger partial charge in [0.05, 0.1) is 19.0 Å². The Kier molecular flexibility index (Phi) is 4.38. The molecule has 0 amide bonds. The highest BCUT2D eigenvalue weighted by Gasteiger charge is 2.40. The minimum Gasteiger partial charge on any atom is -0.467 e. The minimum atomic E-state index is -0.870. The van der Waals surface area contributed by atoms with Crippen molar-refractivity contribution in [3.63, 3.8) is 0 Å². The third-order valence-electron chi connectivity index (χ3n) is 3.80. The van der Waals surface area contributed by atoms with Crippen LogP contribution in [0.4, 0.5) is 0 Å². The highest BCUT2D eigenvalue weighted by molar-refractivity contribution is 4.96. The normalized spacial score (nSPS) is 31.1. The van der Waals surface area contributed by atoms with Crippen molar-refractivity contribution < 1.29 is 18.7 Å². The minimum absolute atomic E-state index is 0.185. The summed E-state index contributed by atoms with van der Waals surface area (Å²) >= 11 is 0. The van der Waals surface area contributed by atoms with Crippen molar-refractivity contribution in [2.75, 3.05) is 19.8 Å². The van der Waals surface area contributed by atoms with Gasteiger partial charge >= 0.3 is 0 Å². The fourth-order valence-corrected chi connectivity index (χ4v) is 2.65. The monoisotopic (exact) mass is 282 g/mol. The largest absolute Gasteiger partial charge is 0.467 e. The first-order valence-corrected chi connectivity index (χ1v) is 7.24. The third kappa shape index (κ3) is 3.21. The number of hydrogen-bond donors (Lipinski definition) is 1. The highest BCUT2D eigenvalue weighted by atomic mass is 16.7. The molecule has 0 saturated carbocycles. The van der Waals surface area contributed by atoms with Crippen LogP contribution in [0, 0.1) is 0 Å². The Morgan fingerprint density at radius 1 is 1.45 bits per heavy atom. The van der Waals surface area contributed by atoms with Crippen LogP contribution >= 0.6 is 0 Å². The molecule has 20 heavy (non-hydrogen) atoms. The topological polar surface area (TPSA) is 70.1 Å². The van der Waals surface area contributed by atoms with Crippen LogP contribution in [0.5, 0.6) is 0 Å². The van der Waals surface area contributed by atoms with Crippen LogP contribution in [0.2, 0.25) is 0 Å². The maximum absolute atomic E-state index is 6.30. The Labute approximate surface area is 118 Å². The molecule has 3 rings (SSSR count). The van der Waals surface area contributed by atoms with Crippen LogP contribution in [0.3, 0.4) is 0 Å². The van der Waals surface area contributed by atoms with Gasteiger partial charge in [-0.15, -0.1) is 5.06 Å². The summed E-state index contributed by atoms with van der Waals surface area (Å²) in [4.78, 5) is 5.80. The third-order valence-corrected chi connectivity index (χ3v) is 3.80. The second-order valence-corrected chi connectivity index (χ2v) is 5.35. The molecule has 0 spiro atoms. The number of nitrogens with zero attached hydrogens (tertiary/aromatic N) is 1. The summed E-state index contributed by atoms with van der Waals surface area (Å²) in [6.07, 6.45) is 5.68. The molecular formula is C14H22N2O4. The summed E-state index contributed by atoms with van der Waals surface area (Å²) in [6, 6.07) is 3.71. The zero-order chi connectivity index (χ0) is 13.8. The van der Waals surface area contributed by atoms with Gasteiger partial charge in [0.1, 0.15) is 12.4 Å². The smallest absolute Gasteiger partial charge is 0.197 e. The van der Waals surface area contributed by atoms with Gasteiger partial charge in [-0.2, -0.15) is 0 Å². The lowest BCUT2D eigenvalue weighted by molar-refractivity contribution is -0.299. The van der Waals surface area contributed by atoms with E-state index in [9.17, 15) is 0 Å². The predicted octanol–water partition coefficient (Wildman–Crippen LogP) is 1.62. The molecule has 6 heteroatoms. The van der Waals surface area contributed by atoms with Crippen LogP contribution in [-0.2, 0) is 20.9 Å². The maximum Gasteiger partial charge on any atom is 0.197 e. The molecule has 0 radical (unpaired) electrons. The van der Waals surface area contributed by atoms with Gasteiger partial charge in [0.25, 0.3) is 0 Å². The number of hydrogen-bond acceptors (Lipinski definition) is 6. The average molecular weight is 282 g/mol. The molecule has 2 unspecified atom stereocenters. The van der Waals surface area contributed by atoms with E-state index in [4.69, 9.17) is 24.5 Å². The summed E-state index contributed by atoms with van der Waals surface area (Å²) in [5.41, 5.74) is 6.30. The fourth-order valence-electron chi connectivity index (χ4n) is 2.65.